The Morgan fingerprint density at radius 2 is 1.91 bits per heavy atom. The predicted molar refractivity (Wildman–Crippen MR) is 137 cm³/mol. The maximum atomic E-state index is 12.0. The monoisotopic (exact) mass is 487 g/mol. The summed E-state index contributed by atoms with van der Waals surface area (Å²) in [4.78, 5) is 16.2. The molecule has 7 nitrogen and oxygen atoms in total. The number of allylic oxidation sites excluding steroid dienone is 1. The Hall–Kier alpha value is -3.06. The summed E-state index contributed by atoms with van der Waals surface area (Å²) in [5.41, 5.74) is 3.99. The molecule has 0 saturated carbocycles. The van der Waals surface area contributed by atoms with Gasteiger partial charge < -0.3 is 14.2 Å². The van der Waals surface area contributed by atoms with Crippen molar-refractivity contribution < 1.29 is 19.0 Å². The maximum absolute atomic E-state index is 12.0. The minimum atomic E-state index is -0.974. The van der Waals surface area contributed by atoms with E-state index < -0.39 is 12.4 Å². The van der Waals surface area contributed by atoms with Crippen molar-refractivity contribution in [3.8, 4) is 0 Å². The highest BCUT2D eigenvalue weighted by Crippen LogP contribution is 2.35. The number of aromatic nitrogens is 2. The molecule has 1 heterocycles. The van der Waals surface area contributed by atoms with E-state index in [0.29, 0.717) is 34.3 Å². The van der Waals surface area contributed by atoms with Gasteiger partial charge in [0.1, 0.15) is 12.3 Å². The molecule has 0 amide bonds. The zero-order chi connectivity index (χ0) is 25.5. The average Bonchev–Trinajstić information content (AvgIpc) is 3.07. The second kappa shape index (κ2) is 11.9. The molecule has 2 aromatic rings. The lowest BCUT2D eigenvalue weighted by Crippen LogP contribution is -2.20. The molecule has 2 rings (SSSR count). The fourth-order valence-corrected chi connectivity index (χ4v) is 3.50. The van der Waals surface area contributed by atoms with Crippen LogP contribution < -0.4 is 0 Å². The van der Waals surface area contributed by atoms with Crippen LogP contribution in [0.1, 0.15) is 57.1 Å². The van der Waals surface area contributed by atoms with Gasteiger partial charge in [-0.2, -0.15) is 5.10 Å². The van der Waals surface area contributed by atoms with Crippen LogP contribution in [0.25, 0.3) is 11.3 Å². The number of nitrogens with zero attached hydrogens (tertiary/aromatic N) is 3. The Labute approximate surface area is 207 Å². The summed E-state index contributed by atoms with van der Waals surface area (Å²) >= 11 is 6.68. The first-order valence-corrected chi connectivity index (χ1v) is 11.5. The molecule has 1 aromatic heterocycles. The molecule has 0 fully saturated rings. The molecule has 0 N–H and O–H groups in total. The van der Waals surface area contributed by atoms with Gasteiger partial charge in [0.2, 0.25) is 6.29 Å². The Morgan fingerprint density at radius 3 is 2.44 bits per heavy atom. The quantitative estimate of drug-likeness (QED) is 0.134. The Morgan fingerprint density at radius 1 is 1.26 bits per heavy atom. The summed E-state index contributed by atoms with van der Waals surface area (Å²) < 4.78 is 18.1. The summed E-state index contributed by atoms with van der Waals surface area (Å²) in [6.07, 6.45) is 1.32. The third kappa shape index (κ3) is 6.73. The molecule has 184 valence electrons. The first-order valence-electron chi connectivity index (χ1n) is 11.1. The van der Waals surface area contributed by atoms with Crippen molar-refractivity contribution in [3.05, 3.63) is 64.5 Å². The van der Waals surface area contributed by atoms with Crippen LogP contribution in [0.3, 0.4) is 0 Å². The van der Waals surface area contributed by atoms with E-state index >= 15 is 0 Å². The lowest BCUT2D eigenvalue weighted by Gasteiger charge is -2.22. The van der Waals surface area contributed by atoms with Crippen molar-refractivity contribution in [2.75, 3.05) is 13.7 Å². The van der Waals surface area contributed by atoms with Crippen molar-refractivity contribution in [2.45, 2.75) is 59.8 Å². The molecule has 0 radical (unpaired) electrons. The largest absolute Gasteiger partial charge is 0.511 e. The fourth-order valence-electron chi connectivity index (χ4n) is 3.28. The van der Waals surface area contributed by atoms with E-state index in [1.165, 1.54) is 11.6 Å². The molecule has 1 atom stereocenters. The van der Waals surface area contributed by atoms with Crippen LogP contribution in [-0.2, 0) is 26.2 Å². The van der Waals surface area contributed by atoms with Crippen LogP contribution in [0.2, 0.25) is 5.02 Å². The molecular weight excluding hydrogens is 454 g/mol. The standard InChI is InChI=1S/C26H34ClN3O4/c1-9-15-32-25(31)34-18(4)33-24(23-22(27)17(3)29-30(23)10-2)21(16-28-8)19-11-13-20(14-12-19)26(5,6)7/h9,11-14,16,18H,1,10,15H2,2-8H3/b24-21-,28-16?. The molecule has 0 aliphatic carbocycles. The predicted octanol–water partition coefficient (Wildman–Crippen LogP) is 6.43. The van der Waals surface area contributed by atoms with Crippen LogP contribution in [0.4, 0.5) is 4.79 Å². The third-order valence-electron chi connectivity index (χ3n) is 5.00. The Kier molecular flexibility index (Phi) is 9.50. The van der Waals surface area contributed by atoms with Crippen LogP contribution in [0.5, 0.6) is 0 Å². The number of aryl methyl sites for hydroxylation is 2. The van der Waals surface area contributed by atoms with Gasteiger partial charge >= 0.3 is 6.16 Å². The lowest BCUT2D eigenvalue weighted by atomic mass is 9.86. The van der Waals surface area contributed by atoms with Gasteiger partial charge in [-0.15, -0.1) is 0 Å². The fraction of sp³-hybridized carbons (Fsp3) is 0.423. The van der Waals surface area contributed by atoms with Crippen molar-refractivity contribution in [2.24, 2.45) is 4.99 Å². The number of benzene rings is 1. The van der Waals surface area contributed by atoms with Crippen molar-refractivity contribution in [1.82, 2.24) is 9.78 Å². The summed E-state index contributed by atoms with van der Waals surface area (Å²) in [6, 6.07) is 8.18. The number of rotatable bonds is 9. The number of ether oxygens (including phenoxy) is 3. The first-order chi connectivity index (χ1) is 16.0. The Bertz CT molecular complexity index is 1060. The van der Waals surface area contributed by atoms with Crippen LogP contribution >= 0.6 is 11.6 Å². The van der Waals surface area contributed by atoms with E-state index in [1.54, 1.807) is 24.9 Å². The van der Waals surface area contributed by atoms with E-state index in [9.17, 15) is 4.79 Å². The van der Waals surface area contributed by atoms with Crippen LogP contribution in [0, 0.1) is 6.92 Å². The summed E-state index contributed by atoms with van der Waals surface area (Å²) in [5.74, 6) is 0.394. The molecule has 1 aromatic carbocycles. The number of carbonyl (C=O) groups excluding carboxylic acids is 1. The molecule has 0 bridgehead atoms. The van der Waals surface area contributed by atoms with Gasteiger partial charge in [-0.3, -0.25) is 9.67 Å². The summed E-state index contributed by atoms with van der Waals surface area (Å²) in [5, 5.41) is 4.97. The van der Waals surface area contributed by atoms with Crippen LogP contribution in [-0.4, -0.2) is 42.1 Å². The highest BCUT2D eigenvalue weighted by molar-refractivity contribution is 6.33. The smallest absolute Gasteiger partial charge is 0.452 e. The minimum absolute atomic E-state index is 0.00991. The second-order valence-electron chi connectivity index (χ2n) is 8.67. The highest BCUT2D eigenvalue weighted by Gasteiger charge is 2.25. The third-order valence-corrected chi connectivity index (χ3v) is 5.45. The number of aliphatic imine (C=N–C) groups is 1. The van der Waals surface area contributed by atoms with Gasteiger partial charge in [0.15, 0.2) is 5.76 Å². The molecule has 0 spiro atoms. The van der Waals surface area contributed by atoms with E-state index in [-0.39, 0.29) is 12.0 Å². The topological polar surface area (TPSA) is 74.9 Å². The number of hydrogen-bond acceptors (Lipinski definition) is 6. The molecule has 0 aliphatic rings. The number of halogens is 1. The second-order valence-corrected chi connectivity index (χ2v) is 9.05. The van der Waals surface area contributed by atoms with Crippen molar-refractivity contribution >= 4 is 35.3 Å². The zero-order valence-electron chi connectivity index (χ0n) is 21.0. The average molecular weight is 488 g/mol. The van der Waals surface area contributed by atoms with Gasteiger partial charge in [-0.25, -0.2) is 4.79 Å². The van der Waals surface area contributed by atoms with Crippen molar-refractivity contribution in [1.29, 1.82) is 0 Å². The summed E-state index contributed by atoms with van der Waals surface area (Å²) in [6.45, 7) is 16.0. The molecule has 0 saturated heterocycles. The maximum Gasteiger partial charge on any atom is 0.511 e. The van der Waals surface area contributed by atoms with Gasteiger partial charge in [0.25, 0.3) is 0 Å². The molecule has 1 unspecified atom stereocenters. The molecule has 34 heavy (non-hydrogen) atoms. The van der Waals surface area contributed by atoms with E-state index in [0.717, 1.165) is 5.56 Å². The minimum Gasteiger partial charge on any atom is -0.452 e. The highest BCUT2D eigenvalue weighted by atomic mass is 35.5. The lowest BCUT2D eigenvalue weighted by molar-refractivity contribution is -0.0648. The van der Waals surface area contributed by atoms with Crippen LogP contribution in [0.15, 0.2) is 41.9 Å². The normalized spacial score (nSPS) is 13.4. The van der Waals surface area contributed by atoms with Gasteiger partial charge in [-0.05, 0) is 30.4 Å². The molecular formula is C26H34ClN3O4. The Balaban J connectivity index is 2.65. The van der Waals surface area contributed by atoms with E-state index in [1.807, 2.05) is 26.0 Å². The SMILES string of the molecule is C=CCOC(=O)OC(C)O/C(=C(/C=NC)c1ccc(C(C)(C)C)cc1)c1c(Cl)c(C)nn1CC. The van der Waals surface area contributed by atoms with Gasteiger partial charge in [0, 0.05) is 32.3 Å². The molecule has 0 aliphatic heterocycles. The first kappa shape index (κ1) is 27.2. The number of hydrogen-bond donors (Lipinski definition) is 0. The van der Waals surface area contributed by atoms with Crippen molar-refractivity contribution in [3.63, 3.8) is 0 Å². The van der Waals surface area contributed by atoms with Gasteiger partial charge in [0.05, 0.1) is 10.7 Å². The molecule has 8 heteroatoms. The van der Waals surface area contributed by atoms with E-state index in [4.69, 9.17) is 25.8 Å². The van der Waals surface area contributed by atoms with Gasteiger partial charge in [-0.1, -0.05) is 69.3 Å². The zero-order valence-corrected chi connectivity index (χ0v) is 21.8. The van der Waals surface area contributed by atoms with E-state index in [2.05, 4.69) is 49.6 Å². The summed E-state index contributed by atoms with van der Waals surface area (Å²) in [7, 11) is 1.68. The number of carbonyl (C=O) groups is 1.